The van der Waals surface area contributed by atoms with Crippen LogP contribution >= 0.6 is 0 Å². The maximum absolute atomic E-state index is 12.1. The summed E-state index contributed by atoms with van der Waals surface area (Å²) in [4.78, 5) is 12.1. The minimum Gasteiger partial charge on any atom is -0.488 e. The zero-order chi connectivity index (χ0) is 17.6. The lowest BCUT2D eigenvalue weighted by Crippen LogP contribution is -2.22. The fraction of sp³-hybridized carbons (Fsp3) is 0.350. The maximum atomic E-state index is 12.1. The normalized spacial score (nSPS) is 16.5. The van der Waals surface area contributed by atoms with Crippen LogP contribution in [0.25, 0.3) is 0 Å². The van der Waals surface area contributed by atoms with Crippen molar-refractivity contribution >= 4 is 17.3 Å². The Balaban J connectivity index is 1.49. The Hall–Kier alpha value is -2.53. The fourth-order valence-electron chi connectivity index (χ4n) is 2.70. The molecule has 1 saturated heterocycles. The van der Waals surface area contributed by atoms with Crippen LogP contribution in [0.2, 0.25) is 0 Å². The van der Waals surface area contributed by atoms with Crippen LogP contribution in [0.5, 0.6) is 5.75 Å². The molecule has 0 radical (unpaired) electrons. The van der Waals surface area contributed by atoms with Gasteiger partial charge in [0.25, 0.3) is 0 Å². The lowest BCUT2D eigenvalue weighted by atomic mass is 10.1. The zero-order valence-electron chi connectivity index (χ0n) is 14.7. The summed E-state index contributed by atoms with van der Waals surface area (Å²) < 4.78 is 11.1. The number of amides is 1. The van der Waals surface area contributed by atoms with Crippen molar-refractivity contribution in [3.63, 3.8) is 0 Å². The van der Waals surface area contributed by atoms with Gasteiger partial charge < -0.3 is 20.1 Å². The standard InChI is InChI=1S/C20H24N2O3/c1-14-3-4-15(2)19(11-14)22-20(23)12-21-16-5-7-17(8-6-16)25-18-9-10-24-13-18/h3-8,11,18,21H,9-10,12-13H2,1-2H3,(H,22,23)/t18-/m1/s1. The fourth-order valence-corrected chi connectivity index (χ4v) is 2.70. The summed E-state index contributed by atoms with van der Waals surface area (Å²) in [5.74, 6) is 0.748. The first kappa shape index (κ1) is 17.3. The molecule has 1 heterocycles. The minimum absolute atomic E-state index is 0.0721. The van der Waals surface area contributed by atoms with Gasteiger partial charge in [0.05, 0.1) is 19.8 Å². The van der Waals surface area contributed by atoms with E-state index in [1.54, 1.807) is 0 Å². The third-order valence-corrected chi connectivity index (χ3v) is 4.17. The minimum atomic E-state index is -0.0721. The average Bonchev–Trinajstić information content (AvgIpc) is 3.10. The van der Waals surface area contributed by atoms with E-state index in [0.29, 0.717) is 6.61 Å². The van der Waals surface area contributed by atoms with Gasteiger partial charge in [-0.3, -0.25) is 4.79 Å². The predicted octanol–water partition coefficient (Wildman–Crippen LogP) is 3.52. The highest BCUT2D eigenvalue weighted by molar-refractivity contribution is 5.94. The van der Waals surface area contributed by atoms with Crippen LogP contribution in [-0.4, -0.2) is 31.8 Å². The smallest absolute Gasteiger partial charge is 0.243 e. The van der Waals surface area contributed by atoms with Gasteiger partial charge in [-0.05, 0) is 55.3 Å². The number of carbonyl (C=O) groups is 1. The van der Waals surface area contributed by atoms with Crippen LogP contribution in [0.15, 0.2) is 42.5 Å². The van der Waals surface area contributed by atoms with E-state index < -0.39 is 0 Å². The summed E-state index contributed by atoms with van der Waals surface area (Å²) in [5.41, 5.74) is 3.91. The van der Waals surface area contributed by atoms with Crippen molar-refractivity contribution in [2.75, 3.05) is 30.4 Å². The van der Waals surface area contributed by atoms with Gasteiger partial charge in [-0.1, -0.05) is 12.1 Å². The van der Waals surface area contributed by atoms with Gasteiger partial charge in [-0.25, -0.2) is 0 Å². The highest BCUT2D eigenvalue weighted by atomic mass is 16.5. The first-order chi connectivity index (χ1) is 12.1. The molecule has 1 atom stereocenters. The van der Waals surface area contributed by atoms with Gasteiger partial charge in [0.15, 0.2) is 0 Å². The number of carbonyl (C=O) groups excluding carboxylic acids is 1. The van der Waals surface area contributed by atoms with Crippen molar-refractivity contribution in [1.29, 1.82) is 0 Å². The molecule has 0 spiro atoms. The van der Waals surface area contributed by atoms with Crippen LogP contribution in [0.3, 0.4) is 0 Å². The van der Waals surface area contributed by atoms with Crippen molar-refractivity contribution in [3.8, 4) is 5.75 Å². The second kappa shape index (κ2) is 8.03. The molecular formula is C20H24N2O3. The molecule has 1 amide bonds. The van der Waals surface area contributed by atoms with Crippen LogP contribution < -0.4 is 15.4 Å². The highest BCUT2D eigenvalue weighted by Crippen LogP contribution is 2.20. The molecule has 2 aromatic rings. The summed E-state index contributed by atoms with van der Waals surface area (Å²) in [6.07, 6.45) is 1.07. The summed E-state index contributed by atoms with van der Waals surface area (Å²) >= 11 is 0. The molecule has 1 fully saturated rings. The molecule has 0 aromatic heterocycles. The quantitative estimate of drug-likeness (QED) is 0.845. The van der Waals surface area contributed by atoms with Gasteiger partial charge in [0, 0.05) is 17.8 Å². The van der Waals surface area contributed by atoms with E-state index in [9.17, 15) is 4.79 Å². The number of rotatable bonds is 6. The molecule has 0 bridgehead atoms. The molecule has 2 aromatic carbocycles. The van der Waals surface area contributed by atoms with Crippen molar-refractivity contribution in [1.82, 2.24) is 0 Å². The SMILES string of the molecule is Cc1ccc(C)c(NC(=O)CNc2ccc(O[C@@H]3CCOC3)cc2)c1. The Labute approximate surface area is 148 Å². The van der Waals surface area contributed by atoms with Gasteiger partial charge in [0.2, 0.25) is 5.91 Å². The third kappa shape index (κ3) is 4.97. The summed E-state index contributed by atoms with van der Waals surface area (Å²) in [7, 11) is 0. The Morgan fingerprint density at radius 1 is 1.20 bits per heavy atom. The molecule has 2 N–H and O–H groups in total. The first-order valence-electron chi connectivity index (χ1n) is 8.55. The van der Waals surface area contributed by atoms with Crippen LogP contribution in [0.1, 0.15) is 17.5 Å². The van der Waals surface area contributed by atoms with Crippen molar-refractivity contribution < 1.29 is 14.3 Å². The van der Waals surface area contributed by atoms with Crippen molar-refractivity contribution in [2.45, 2.75) is 26.4 Å². The summed E-state index contributed by atoms with van der Waals surface area (Å²) in [6, 6.07) is 13.7. The van der Waals surface area contributed by atoms with Crippen LogP contribution in [0.4, 0.5) is 11.4 Å². The second-order valence-electron chi connectivity index (χ2n) is 6.35. The van der Waals surface area contributed by atoms with Crippen LogP contribution in [-0.2, 0) is 9.53 Å². The summed E-state index contributed by atoms with van der Waals surface area (Å²) in [6.45, 7) is 5.62. The first-order valence-corrected chi connectivity index (χ1v) is 8.55. The molecule has 0 aliphatic carbocycles. The maximum Gasteiger partial charge on any atom is 0.243 e. The summed E-state index contributed by atoms with van der Waals surface area (Å²) in [5, 5.41) is 6.07. The monoisotopic (exact) mass is 340 g/mol. The predicted molar refractivity (Wildman–Crippen MR) is 99.3 cm³/mol. The second-order valence-corrected chi connectivity index (χ2v) is 6.35. The van der Waals surface area contributed by atoms with E-state index in [4.69, 9.17) is 9.47 Å². The molecule has 132 valence electrons. The van der Waals surface area contributed by atoms with E-state index >= 15 is 0 Å². The molecule has 5 nitrogen and oxygen atoms in total. The number of hydrogen-bond acceptors (Lipinski definition) is 4. The number of aryl methyl sites for hydroxylation is 2. The van der Waals surface area contributed by atoms with Crippen molar-refractivity contribution in [3.05, 3.63) is 53.6 Å². The Morgan fingerprint density at radius 3 is 2.72 bits per heavy atom. The van der Waals surface area contributed by atoms with E-state index in [-0.39, 0.29) is 18.6 Å². The van der Waals surface area contributed by atoms with E-state index in [1.807, 2.05) is 56.3 Å². The van der Waals surface area contributed by atoms with Gasteiger partial charge >= 0.3 is 0 Å². The third-order valence-electron chi connectivity index (χ3n) is 4.17. The highest BCUT2D eigenvalue weighted by Gasteiger charge is 2.16. The van der Waals surface area contributed by atoms with Gasteiger partial charge in [-0.2, -0.15) is 0 Å². The van der Waals surface area contributed by atoms with Crippen LogP contribution in [0, 0.1) is 13.8 Å². The number of ether oxygens (including phenoxy) is 2. The Kier molecular flexibility index (Phi) is 5.56. The molecule has 3 rings (SSSR count). The molecule has 5 heteroatoms. The van der Waals surface area contributed by atoms with E-state index in [2.05, 4.69) is 10.6 Å². The van der Waals surface area contributed by atoms with Gasteiger partial charge in [0.1, 0.15) is 11.9 Å². The molecule has 25 heavy (non-hydrogen) atoms. The van der Waals surface area contributed by atoms with Gasteiger partial charge in [-0.15, -0.1) is 0 Å². The molecule has 1 aliphatic heterocycles. The lowest BCUT2D eigenvalue weighted by molar-refractivity contribution is -0.114. The Morgan fingerprint density at radius 2 is 2.00 bits per heavy atom. The molecule has 0 unspecified atom stereocenters. The Bertz CT molecular complexity index is 722. The van der Waals surface area contributed by atoms with E-state index in [0.717, 1.165) is 41.3 Å². The topological polar surface area (TPSA) is 59.6 Å². The molecule has 0 saturated carbocycles. The largest absolute Gasteiger partial charge is 0.488 e. The number of hydrogen-bond donors (Lipinski definition) is 2. The number of nitrogens with one attached hydrogen (secondary N) is 2. The number of benzene rings is 2. The molecular weight excluding hydrogens is 316 g/mol. The van der Waals surface area contributed by atoms with E-state index in [1.165, 1.54) is 0 Å². The van der Waals surface area contributed by atoms with Crippen molar-refractivity contribution in [2.24, 2.45) is 0 Å². The lowest BCUT2D eigenvalue weighted by Gasteiger charge is -2.13. The molecule has 1 aliphatic rings. The zero-order valence-corrected chi connectivity index (χ0v) is 14.7. The number of anilines is 2. The average molecular weight is 340 g/mol.